The molecule has 0 spiro atoms. The van der Waals surface area contributed by atoms with Crippen molar-refractivity contribution in [3.05, 3.63) is 0 Å². The minimum atomic E-state index is -3.56. The van der Waals surface area contributed by atoms with Gasteiger partial charge in [0.15, 0.2) is 0 Å². The number of ether oxygens (including phenoxy) is 1. The number of esters is 1. The van der Waals surface area contributed by atoms with Crippen LogP contribution in [0.25, 0.3) is 0 Å². The predicted molar refractivity (Wildman–Crippen MR) is 78.8 cm³/mol. The molecule has 0 aromatic carbocycles. The zero-order chi connectivity index (χ0) is 15.9. The number of aliphatic hydroxyl groups excluding tert-OH is 1. The second-order valence-corrected chi connectivity index (χ2v) is 6.98. The number of nitrogens with zero attached hydrogens (tertiary/aromatic N) is 2. The van der Waals surface area contributed by atoms with E-state index in [4.69, 9.17) is 9.84 Å². The fraction of sp³-hybridized carbons (Fsp3) is 0.923. The summed E-state index contributed by atoms with van der Waals surface area (Å²) in [7, 11) is -3.56. The van der Waals surface area contributed by atoms with Crippen LogP contribution in [0.4, 0.5) is 0 Å². The molecule has 1 N–H and O–H groups in total. The third-order valence-electron chi connectivity index (χ3n) is 3.55. The van der Waals surface area contributed by atoms with Crippen LogP contribution in [0.3, 0.4) is 0 Å². The largest absolute Gasteiger partial charge is 0.466 e. The summed E-state index contributed by atoms with van der Waals surface area (Å²) in [4.78, 5) is 11.7. The van der Waals surface area contributed by atoms with E-state index in [1.807, 2.05) is 6.92 Å². The lowest BCUT2D eigenvalue weighted by molar-refractivity contribution is -0.149. The summed E-state index contributed by atoms with van der Waals surface area (Å²) in [5, 5.41) is 9.01. The number of aliphatic hydroxyl groups is 1. The molecule has 0 bridgehead atoms. The Balaban J connectivity index is 2.64. The Morgan fingerprint density at radius 1 is 1.29 bits per heavy atom. The van der Waals surface area contributed by atoms with Crippen LogP contribution in [-0.4, -0.2) is 67.5 Å². The first-order valence-electron chi connectivity index (χ1n) is 7.50. The van der Waals surface area contributed by atoms with Crippen LogP contribution in [0, 0.1) is 5.92 Å². The topological polar surface area (TPSA) is 87.2 Å². The van der Waals surface area contributed by atoms with Crippen molar-refractivity contribution in [3.8, 4) is 0 Å². The third kappa shape index (κ3) is 4.91. The van der Waals surface area contributed by atoms with Gasteiger partial charge < -0.3 is 9.84 Å². The molecule has 0 saturated carbocycles. The summed E-state index contributed by atoms with van der Waals surface area (Å²) in [6.07, 6.45) is 1.66. The van der Waals surface area contributed by atoms with Gasteiger partial charge in [0.05, 0.1) is 19.1 Å². The Morgan fingerprint density at radius 3 is 2.38 bits per heavy atom. The maximum atomic E-state index is 12.5. The molecule has 0 amide bonds. The van der Waals surface area contributed by atoms with Gasteiger partial charge in [0.2, 0.25) is 0 Å². The van der Waals surface area contributed by atoms with E-state index in [1.54, 1.807) is 6.92 Å². The van der Waals surface area contributed by atoms with Crippen molar-refractivity contribution >= 4 is 16.2 Å². The lowest BCUT2D eigenvalue weighted by atomic mass is 9.98. The SMILES string of the molecule is CCCN(CCO)S(=O)(=O)N1CCC(C(=O)OCC)CC1. The summed E-state index contributed by atoms with van der Waals surface area (Å²) in [5.41, 5.74) is 0. The summed E-state index contributed by atoms with van der Waals surface area (Å²) < 4.78 is 32.7. The first-order chi connectivity index (χ1) is 9.97. The van der Waals surface area contributed by atoms with E-state index in [-0.39, 0.29) is 25.0 Å². The molecule has 1 saturated heterocycles. The lowest BCUT2D eigenvalue weighted by Gasteiger charge is -2.34. The molecule has 1 aliphatic rings. The van der Waals surface area contributed by atoms with Gasteiger partial charge in [-0.15, -0.1) is 0 Å². The quantitative estimate of drug-likeness (QED) is 0.646. The monoisotopic (exact) mass is 322 g/mol. The number of carbonyl (C=O) groups is 1. The predicted octanol–water partition coefficient (Wildman–Crippen LogP) is 0.211. The molecule has 7 nitrogen and oxygen atoms in total. The standard InChI is InChI=1S/C13H26N2O5S/c1-3-7-14(10-11-16)21(18,19)15-8-5-12(6-9-15)13(17)20-4-2/h12,16H,3-11H2,1-2H3. The number of carbonyl (C=O) groups excluding carboxylic acids is 1. The van der Waals surface area contributed by atoms with Gasteiger partial charge in [-0.1, -0.05) is 6.92 Å². The average molecular weight is 322 g/mol. The summed E-state index contributed by atoms with van der Waals surface area (Å²) in [6.45, 7) is 4.93. The van der Waals surface area contributed by atoms with Crippen molar-refractivity contribution in [3.63, 3.8) is 0 Å². The minimum Gasteiger partial charge on any atom is -0.466 e. The Labute approximate surface area is 127 Å². The second kappa shape index (κ2) is 8.67. The van der Waals surface area contributed by atoms with Crippen molar-refractivity contribution in [2.45, 2.75) is 33.1 Å². The van der Waals surface area contributed by atoms with E-state index < -0.39 is 10.2 Å². The smallest absolute Gasteiger partial charge is 0.309 e. The number of rotatable bonds is 8. The molecule has 0 radical (unpaired) electrons. The molecular weight excluding hydrogens is 296 g/mol. The fourth-order valence-electron chi connectivity index (χ4n) is 2.45. The van der Waals surface area contributed by atoms with Gasteiger partial charge in [-0.25, -0.2) is 0 Å². The van der Waals surface area contributed by atoms with Gasteiger partial charge >= 0.3 is 5.97 Å². The fourth-order valence-corrected chi connectivity index (χ4v) is 4.17. The summed E-state index contributed by atoms with van der Waals surface area (Å²) in [5.74, 6) is -0.454. The van der Waals surface area contributed by atoms with Crippen LogP contribution in [0.15, 0.2) is 0 Å². The van der Waals surface area contributed by atoms with Gasteiger partial charge in [0.25, 0.3) is 10.2 Å². The Hall–Kier alpha value is -0.700. The summed E-state index contributed by atoms with van der Waals surface area (Å²) in [6, 6.07) is 0. The highest BCUT2D eigenvalue weighted by atomic mass is 32.2. The molecule has 1 heterocycles. The van der Waals surface area contributed by atoms with E-state index in [9.17, 15) is 13.2 Å². The van der Waals surface area contributed by atoms with E-state index in [1.165, 1.54) is 8.61 Å². The molecule has 0 unspecified atom stereocenters. The van der Waals surface area contributed by atoms with Gasteiger partial charge in [-0.3, -0.25) is 4.79 Å². The molecule has 21 heavy (non-hydrogen) atoms. The highest BCUT2D eigenvalue weighted by molar-refractivity contribution is 7.86. The van der Waals surface area contributed by atoms with Gasteiger partial charge in [0.1, 0.15) is 0 Å². The molecule has 124 valence electrons. The molecule has 1 rings (SSSR count). The Kier molecular flexibility index (Phi) is 7.58. The molecule has 1 aliphatic heterocycles. The van der Waals surface area contributed by atoms with E-state index in [2.05, 4.69) is 0 Å². The Morgan fingerprint density at radius 2 is 1.90 bits per heavy atom. The average Bonchev–Trinajstić information content (AvgIpc) is 2.47. The van der Waals surface area contributed by atoms with Crippen LogP contribution in [-0.2, 0) is 19.7 Å². The van der Waals surface area contributed by atoms with Crippen LogP contribution < -0.4 is 0 Å². The van der Waals surface area contributed by atoms with Gasteiger partial charge in [0, 0.05) is 26.2 Å². The van der Waals surface area contributed by atoms with Crippen molar-refractivity contribution < 1.29 is 23.1 Å². The molecule has 0 aliphatic carbocycles. The maximum absolute atomic E-state index is 12.5. The van der Waals surface area contributed by atoms with E-state index >= 15 is 0 Å². The molecule has 0 aromatic rings. The molecule has 0 atom stereocenters. The highest BCUT2D eigenvalue weighted by Gasteiger charge is 2.34. The van der Waals surface area contributed by atoms with E-state index in [0.717, 1.165) is 0 Å². The molecule has 8 heteroatoms. The van der Waals surface area contributed by atoms with Gasteiger partial charge in [-0.2, -0.15) is 17.0 Å². The second-order valence-electron chi connectivity index (χ2n) is 5.06. The van der Waals surface area contributed by atoms with Crippen molar-refractivity contribution in [1.82, 2.24) is 8.61 Å². The van der Waals surface area contributed by atoms with Gasteiger partial charge in [-0.05, 0) is 26.2 Å². The van der Waals surface area contributed by atoms with Crippen LogP contribution in [0.2, 0.25) is 0 Å². The lowest BCUT2D eigenvalue weighted by Crippen LogP contribution is -2.49. The maximum Gasteiger partial charge on any atom is 0.309 e. The van der Waals surface area contributed by atoms with Crippen molar-refractivity contribution in [1.29, 1.82) is 0 Å². The number of hydrogen-bond donors (Lipinski definition) is 1. The van der Waals surface area contributed by atoms with Crippen LogP contribution in [0.5, 0.6) is 0 Å². The normalized spacial score (nSPS) is 18.1. The first kappa shape index (κ1) is 18.3. The van der Waals surface area contributed by atoms with Crippen molar-refractivity contribution in [2.24, 2.45) is 5.92 Å². The van der Waals surface area contributed by atoms with E-state index in [0.29, 0.717) is 45.5 Å². The molecular formula is C13H26N2O5S. The minimum absolute atomic E-state index is 0.105. The van der Waals surface area contributed by atoms with Crippen LogP contribution in [0.1, 0.15) is 33.1 Å². The number of piperidine rings is 1. The Bertz CT molecular complexity index is 412. The molecule has 1 fully saturated rings. The zero-order valence-corrected chi connectivity index (χ0v) is 13.6. The zero-order valence-electron chi connectivity index (χ0n) is 12.8. The first-order valence-corrected chi connectivity index (χ1v) is 8.89. The highest BCUT2D eigenvalue weighted by Crippen LogP contribution is 2.22. The third-order valence-corrected chi connectivity index (χ3v) is 5.58. The molecule has 0 aromatic heterocycles. The summed E-state index contributed by atoms with van der Waals surface area (Å²) >= 11 is 0. The number of hydrogen-bond acceptors (Lipinski definition) is 5. The van der Waals surface area contributed by atoms with Crippen LogP contribution >= 0.6 is 0 Å². The van der Waals surface area contributed by atoms with Crippen molar-refractivity contribution in [2.75, 3.05) is 39.4 Å².